The largest absolute Gasteiger partial charge is 0.492 e. The number of rotatable bonds is 3. The molecule has 1 atom stereocenters. The molecule has 0 fully saturated rings. The standard InChI is InChI=1S/C15H13FN4O/c1-10(11-2-4-14(16)5-3-11)20-9-13(8-18-20)12-6-15(21)19-17-7-12/h2-10H,1H3,(H,19,21). The zero-order valence-corrected chi connectivity index (χ0v) is 11.3. The first-order valence-corrected chi connectivity index (χ1v) is 6.45. The molecule has 106 valence electrons. The summed E-state index contributed by atoms with van der Waals surface area (Å²) in [5.41, 5.74) is 2.52. The summed E-state index contributed by atoms with van der Waals surface area (Å²) >= 11 is 0. The van der Waals surface area contributed by atoms with Gasteiger partial charge in [0.2, 0.25) is 5.88 Å². The van der Waals surface area contributed by atoms with E-state index in [-0.39, 0.29) is 17.7 Å². The molecular weight excluding hydrogens is 271 g/mol. The maximum absolute atomic E-state index is 13.0. The fourth-order valence-electron chi connectivity index (χ4n) is 2.11. The van der Waals surface area contributed by atoms with Gasteiger partial charge in [-0.25, -0.2) is 4.39 Å². The van der Waals surface area contributed by atoms with Crippen LogP contribution in [0.3, 0.4) is 0 Å². The van der Waals surface area contributed by atoms with Crippen LogP contribution in [0.4, 0.5) is 4.39 Å². The van der Waals surface area contributed by atoms with Gasteiger partial charge < -0.3 is 5.11 Å². The van der Waals surface area contributed by atoms with Gasteiger partial charge in [-0.1, -0.05) is 12.1 Å². The molecule has 2 aromatic heterocycles. The third-order valence-electron chi connectivity index (χ3n) is 3.33. The Balaban J connectivity index is 1.89. The third-order valence-corrected chi connectivity index (χ3v) is 3.33. The Bertz CT molecular complexity index is 754. The van der Waals surface area contributed by atoms with E-state index in [1.807, 2.05) is 13.1 Å². The summed E-state index contributed by atoms with van der Waals surface area (Å²) < 4.78 is 14.7. The Morgan fingerprint density at radius 1 is 1.14 bits per heavy atom. The molecule has 0 saturated heterocycles. The molecule has 6 heteroatoms. The summed E-state index contributed by atoms with van der Waals surface area (Å²) in [7, 11) is 0. The van der Waals surface area contributed by atoms with E-state index < -0.39 is 0 Å². The molecule has 1 unspecified atom stereocenters. The lowest BCUT2D eigenvalue weighted by Crippen LogP contribution is -2.06. The van der Waals surface area contributed by atoms with E-state index in [0.29, 0.717) is 0 Å². The summed E-state index contributed by atoms with van der Waals surface area (Å²) in [4.78, 5) is 0. The van der Waals surface area contributed by atoms with Crippen molar-refractivity contribution in [2.45, 2.75) is 13.0 Å². The molecule has 1 aromatic carbocycles. The molecule has 0 aliphatic carbocycles. The van der Waals surface area contributed by atoms with Crippen molar-refractivity contribution in [2.24, 2.45) is 0 Å². The Hall–Kier alpha value is -2.76. The Morgan fingerprint density at radius 2 is 1.90 bits per heavy atom. The number of hydrogen-bond donors (Lipinski definition) is 1. The molecule has 1 N–H and O–H groups in total. The fraction of sp³-hybridized carbons (Fsp3) is 0.133. The van der Waals surface area contributed by atoms with Gasteiger partial charge in [0.05, 0.1) is 18.4 Å². The number of hydrogen-bond acceptors (Lipinski definition) is 4. The summed E-state index contributed by atoms with van der Waals surface area (Å²) in [6.45, 7) is 1.98. The number of nitrogens with zero attached hydrogens (tertiary/aromatic N) is 4. The number of benzene rings is 1. The second-order valence-corrected chi connectivity index (χ2v) is 4.74. The highest BCUT2D eigenvalue weighted by Gasteiger charge is 2.11. The van der Waals surface area contributed by atoms with E-state index >= 15 is 0 Å². The van der Waals surface area contributed by atoms with Crippen LogP contribution in [0.2, 0.25) is 0 Å². The minimum Gasteiger partial charge on any atom is -0.492 e. The molecule has 5 nitrogen and oxygen atoms in total. The second-order valence-electron chi connectivity index (χ2n) is 4.74. The highest BCUT2D eigenvalue weighted by atomic mass is 19.1. The maximum Gasteiger partial charge on any atom is 0.231 e. The quantitative estimate of drug-likeness (QED) is 0.803. The van der Waals surface area contributed by atoms with Crippen LogP contribution in [0.1, 0.15) is 18.5 Å². The molecule has 0 aliphatic heterocycles. The molecule has 2 heterocycles. The van der Waals surface area contributed by atoms with Crippen LogP contribution < -0.4 is 0 Å². The smallest absolute Gasteiger partial charge is 0.231 e. The van der Waals surface area contributed by atoms with E-state index in [9.17, 15) is 9.50 Å². The highest BCUT2D eigenvalue weighted by Crippen LogP contribution is 2.23. The highest BCUT2D eigenvalue weighted by molar-refractivity contribution is 5.61. The molecular formula is C15H13FN4O. The molecule has 0 radical (unpaired) electrons. The van der Waals surface area contributed by atoms with Crippen molar-refractivity contribution >= 4 is 0 Å². The average molecular weight is 284 g/mol. The minimum atomic E-state index is -0.259. The molecule has 0 spiro atoms. The van der Waals surface area contributed by atoms with Crippen LogP contribution in [-0.2, 0) is 0 Å². The van der Waals surface area contributed by atoms with Gasteiger partial charge in [-0.3, -0.25) is 4.68 Å². The van der Waals surface area contributed by atoms with E-state index in [1.54, 1.807) is 29.2 Å². The summed E-state index contributed by atoms with van der Waals surface area (Å²) in [6.07, 6.45) is 5.10. The normalized spacial score (nSPS) is 12.3. The number of halogens is 1. The van der Waals surface area contributed by atoms with E-state index in [0.717, 1.165) is 16.7 Å². The van der Waals surface area contributed by atoms with Crippen molar-refractivity contribution in [1.82, 2.24) is 20.0 Å². The first-order valence-electron chi connectivity index (χ1n) is 6.45. The van der Waals surface area contributed by atoms with Crippen LogP contribution in [0.15, 0.2) is 48.9 Å². The monoisotopic (exact) mass is 284 g/mol. The Labute approximate surface area is 120 Å². The van der Waals surface area contributed by atoms with Crippen molar-refractivity contribution < 1.29 is 9.50 Å². The maximum atomic E-state index is 13.0. The molecule has 0 amide bonds. The van der Waals surface area contributed by atoms with E-state index in [2.05, 4.69) is 15.3 Å². The van der Waals surface area contributed by atoms with E-state index in [1.165, 1.54) is 18.2 Å². The number of aromatic nitrogens is 4. The van der Waals surface area contributed by atoms with Crippen molar-refractivity contribution in [1.29, 1.82) is 0 Å². The van der Waals surface area contributed by atoms with Gasteiger partial charge in [0, 0.05) is 23.4 Å². The summed E-state index contributed by atoms with van der Waals surface area (Å²) in [5, 5.41) is 20.9. The van der Waals surface area contributed by atoms with Crippen LogP contribution in [0, 0.1) is 5.82 Å². The van der Waals surface area contributed by atoms with Gasteiger partial charge in [0.15, 0.2) is 0 Å². The van der Waals surface area contributed by atoms with Gasteiger partial charge in [-0.05, 0) is 24.6 Å². The summed E-state index contributed by atoms with van der Waals surface area (Å²) in [5.74, 6) is -0.391. The van der Waals surface area contributed by atoms with Crippen LogP contribution >= 0.6 is 0 Å². The molecule has 0 bridgehead atoms. The first kappa shape index (κ1) is 13.2. The minimum absolute atomic E-state index is 0.0252. The summed E-state index contributed by atoms with van der Waals surface area (Å²) in [6, 6.07) is 7.84. The lowest BCUT2D eigenvalue weighted by atomic mass is 10.1. The third kappa shape index (κ3) is 2.74. The molecule has 21 heavy (non-hydrogen) atoms. The van der Waals surface area contributed by atoms with Gasteiger partial charge in [0.25, 0.3) is 0 Å². The van der Waals surface area contributed by atoms with Crippen molar-refractivity contribution in [2.75, 3.05) is 0 Å². The SMILES string of the molecule is CC(c1ccc(F)cc1)n1cc(-c2cnnc(O)c2)cn1. The van der Waals surface area contributed by atoms with Gasteiger partial charge >= 0.3 is 0 Å². The van der Waals surface area contributed by atoms with Gasteiger partial charge in [-0.15, -0.1) is 5.10 Å². The average Bonchev–Trinajstić information content (AvgIpc) is 2.97. The predicted molar refractivity (Wildman–Crippen MR) is 75.1 cm³/mol. The molecule has 3 aromatic rings. The van der Waals surface area contributed by atoms with Gasteiger partial charge in [-0.2, -0.15) is 10.2 Å². The Kier molecular flexibility index (Phi) is 3.35. The van der Waals surface area contributed by atoms with Crippen molar-refractivity contribution in [3.63, 3.8) is 0 Å². The number of aromatic hydroxyl groups is 1. The molecule has 3 rings (SSSR count). The van der Waals surface area contributed by atoms with Gasteiger partial charge in [0.1, 0.15) is 5.82 Å². The molecule has 0 aliphatic rings. The molecule has 0 saturated carbocycles. The van der Waals surface area contributed by atoms with Crippen LogP contribution in [0.5, 0.6) is 5.88 Å². The lowest BCUT2D eigenvalue weighted by Gasteiger charge is -2.12. The first-order chi connectivity index (χ1) is 10.1. The van der Waals surface area contributed by atoms with Crippen molar-refractivity contribution in [3.8, 4) is 17.0 Å². The second kappa shape index (κ2) is 5.32. The zero-order valence-electron chi connectivity index (χ0n) is 11.3. The van der Waals surface area contributed by atoms with E-state index in [4.69, 9.17) is 0 Å². The van der Waals surface area contributed by atoms with Crippen molar-refractivity contribution in [3.05, 3.63) is 60.3 Å². The zero-order chi connectivity index (χ0) is 14.8. The topological polar surface area (TPSA) is 63.8 Å². The lowest BCUT2D eigenvalue weighted by molar-refractivity contribution is 0.445. The van der Waals surface area contributed by atoms with Crippen LogP contribution in [-0.4, -0.2) is 25.1 Å². The Morgan fingerprint density at radius 3 is 2.62 bits per heavy atom. The fourth-order valence-corrected chi connectivity index (χ4v) is 2.11. The predicted octanol–water partition coefficient (Wildman–Crippen LogP) is 2.79. The van der Waals surface area contributed by atoms with Crippen LogP contribution in [0.25, 0.3) is 11.1 Å².